The van der Waals surface area contributed by atoms with Gasteiger partial charge in [-0.1, -0.05) is 6.07 Å². The molecular formula is C33H42F2N4O5. The molecule has 44 heavy (non-hydrogen) atoms. The number of aromatic nitrogens is 2. The van der Waals surface area contributed by atoms with E-state index in [9.17, 15) is 18.4 Å². The summed E-state index contributed by atoms with van der Waals surface area (Å²) < 4.78 is 46.5. The highest BCUT2D eigenvalue weighted by molar-refractivity contribution is 5.95. The van der Waals surface area contributed by atoms with Crippen LogP contribution in [0.3, 0.4) is 0 Å². The van der Waals surface area contributed by atoms with E-state index in [4.69, 9.17) is 14.2 Å². The van der Waals surface area contributed by atoms with Gasteiger partial charge in [0.2, 0.25) is 5.92 Å². The molecule has 1 atom stereocenters. The number of aryl methyl sites for hydroxylation is 1. The molecule has 3 heterocycles. The van der Waals surface area contributed by atoms with Crippen LogP contribution in [0.25, 0.3) is 10.9 Å². The largest absolute Gasteiger partial charge is 0.496 e. The number of carbonyl (C=O) groups is 2. The number of rotatable bonds is 6. The van der Waals surface area contributed by atoms with E-state index >= 15 is 0 Å². The van der Waals surface area contributed by atoms with Gasteiger partial charge >= 0.3 is 12.1 Å². The third-order valence-corrected chi connectivity index (χ3v) is 8.75. The molecule has 1 saturated heterocycles. The Labute approximate surface area is 257 Å². The minimum atomic E-state index is -2.65. The van der Waals surface area contributed by atoms with Crippen LogP contribution in [0.2, 0.25) is 0 Å². The topological polar surface area (TPSA) is 86.1 Å². The van der Waals surface area contributed by atoms with Crippen LogP contribution in [0, 0.1) is 12.3 Å². The number of hydrogen-bond donors (Lipinski definition) is 0. The minimum absolute atomic E-state index is 0.133. The Balaban J connectivity index is 1.59. The molecule has 1 spiro atoms. The number of ether oxygens (including phenoxy) is 3. The minimum Gasteiger partial charge on any atom is -0.496 e. The summed E-state index contributed by atoms with van der Waals surface area (Å²) in [7, 11) is 6.62. The maximum atomic E-state index is 14.3. The molecule has 0 N–H and O–H groups in total. The molecule has 2 aliphatic rings. The first kappa shape index (κ1) is 31.7. The molecule has 238 valence electrons. The Bertz CT molecular complexity index is 1580. The van der Waals surface area contributed by atoms with Crippen LogP contribution in [0.15, 0.2) is 30.5 Å². The summed E-state index contributed by atoms with van der Waals surface area (Å²) in [5, 5.41) is 0.855. The van der Waals surface area contributed by atoms with E-state index < -0.39 is 29.0 Å². The average Bonchev–Trinajstić information content (AvgIpc) is 3.39. The molecule has 1 aliphatic heterocycles. The smallest absolute Gasteiger partial charge is 0.419 e. The number of halogens is 2. The standard InChI is InChI=1S/C33H42F2N4O5/c1-20-15-26(42-7)23(21-11-13-39(27(20)21)30(41)44-31(2,3)4)17-38-14-12-32(18-33(34,35)19-32)16-25(38)22-9-10-24(29(40)43-8)36-28(22)37(5)6/h9-11,13,15,25H,12,14,16-19H2,1-8H3/t25-/m0/s1. The summed E-state index contributed by atoms with van der Waals surface area (Å²) in [6.07, 6.45) is 2.15. The van der Waals surface area contributed by atoms with Gasteiger partial charge in [0.25, 0.3) is 0 Å². The third-order valence-electron chi connectivity index (χ3n) is 8.75. The molecule has 3 aromatic rings. The van der Waals surface area contributed by atoms with Crippen LogP contribution in [0.4, 0.5) is 19.4 Å². The normalized spacial score (nSPS) is 19.5. The molecule has 5 rings (SSSR count). The van der Waals surface area contributed by atoms with Crippen LogP contribution in [-0.4, -0.2) is 72.9 Å². The predicted molar refractivity (Wildman–Crippen MR) is 164 cm³/mol. The van der Waals surface area contributed by atoms with Crippen LogP contribution in [-0.2, 0) is 16.0 Å². The van der Waals surface area contributed by atoms with Crippen molar-refractivity contribution in [1.82, 2.24) is 14.5 Å². The zero-order valence-electron chi connectivity index (χ0n) is 26.8. The van der Waals surface area contributed by atoms with Gasteiger partial charge in [0.05, 0.1) is 19.7 Å². The van der Waals surface area contributed by atoms with E-state index in [-0.39, 0.29) is 24.6 Å². The lowest BCUT2D eigenvalue weighted by Gasteiger charge is -2.55. The second kappa shape index (κ2) is 11.3. The second-order valence-electron chi connectivity index (χ2n) is 13.4. The Hall–Kier alpha value is -3.73. The summed E-state index contributed by atoms with van der Waals surface area (Å²) >= 11 is 0. The van der Waals surface area contributed by atoms with Crippen molar-refractivity contribution in [3.63, 3.8) is 0 Å². The van der Waals surface area contributed by atoms with Crippen molar-refractivity contribution in [3.05, 3.63) is 52.8 Å². The van der Waals surface area contributed by atoms with Gasteiger partial charge in [0.15, 0.2) is 5.69 Å². The van der Waals surface area contributed by atoms with Gasteiger partial charge in [-0.05, 0) is 76.3 Å². The molecule has 0 radical (unpaired) electrons. The maximum Gasteiger partial charge on any atom is 0.419 e. The lowest BCUT2D eigenvalue weighted by molar-refractivity contribution is -0.186. The number of pyridine rings is 1. The number of nitrogens with zero attached hydrogens (tertiary/aromatic N) is 4. The Morgan fingerprint density at radius 3 is 2.43 bits per heavy atom. The fraction of sp³-hybridized carbons (Fsp3) is 0.545. The van der Waals surface area contributed by atoms with E-state index in [1.54, 1.807) is 19.4 Å². The molecule has 9 nitrogen and oxygen atoms in total. The lowest BCUT2D eigenvalue weighted by atomic mass is 9.59. The predicted octanol–water partition coefficient (Wildman–Crippen LogP) is 6.74. The summed E-state index contributed by atoms with van der Waals surface area (Å²) in [4.78, 5) is 34.2. The highest BCUT2D eigenvalue weighted by Crippen LogP contribution is 2.61. The SMILES string of the molecule is COC(=O)c1ccc([C@@H]2CC3(CCN2Cc2c(OC)cc(C)c4c2ccn4C(=O)OC(C)(C)C)CC(F)(F)C3)c(N(C)C)n1. The van der Waals surface area contributed by atoms with Crippen LogP contribution >= 0.6 is 0 Å². The molecule has 2 aromatic heterocycles. The van der Waals surface area contributed by atoms with Gasteiger partial charge in [-0.3, -0.25) is 9.47 Å². The Morgan fingerprint density at radius 1 is 1.14 bits per heavy atom. The van der Waals surface area contributed by atoms with Crippen molar-refractivity contribution in [3.8, 4) is 5.75 Å². The average molecular weight is 613 g/mol. The Morgan fingerprint density at radius 2 is 1.84 bits per heavy atom. The number of anilines is 1. The molecule has 0 unspecified atom stereocenters. The van der Waals surface area contributed by atoms with Crippen molar-refractivity contribution in [1.29, 1.82) is 0 Å². The maximum absolute atomic E-state index is 14.3. The number of hydrogen-bond acceptors (Lipinski definition) is 8. The number of carbonyl (C=O) groups excluding carboxylic acids is 2. The molecule has 0 amide bonds. The van der Waals surface area contributed by atoms with Crippen molar-refractivity contribution in [2.45, 2.75) is 77.5 Å². The van der Waals surface area contributed by atoms with Gasteiger partial charge in [-0.25, -0.2) is 23.4 Å². The van der Waals surface area contributed by atoms with Gasteiger partial charge < -0.3 is 19.1 Å². The zero-order valence-corrected chi connectivity index (χ0v) is 26.8. The number of piperidine rings is 1. The van der Waals surface area contributed by atoms with E-state index in [0.29, 0.717) is 37.5 Å². The third kappa shape index (κ3) is 5.98. The summed E-state index contributed by atoms with van der Waals surface area (Å²) in [6.45, 7) is 8.44. The first-order valence-electron chi connectivity index (χ1n) is 14.9. The Kier molecular flexibility index (Phi) is 8.15. The highest BCUT2D eigenvalue weighted by Gasteiger charge is 2.58. The first-order chi connectivity index (χ1) is 20.6. The molecule has 1 aliphatic carbocycles. The number of benzene rings is 1. The van der Waals surface area contributed by atoms with Crippen LogP contribution in [0.1, 0.15) is 79.7 Å². The molecule has 11 heteroatoms. The van der Waals surface area contributed by atoms with Gasteiger partial charge in [-0.2, -0.15) is 0 Å². The zero-order chi connectivity index (χ0) is 32.2. The number of alkyl halides is 2. The molecule has 1 saturated carbocycles. The summed E-state index contributed by atoms with van der Waals surface area (Å²) in [5.74, 6) is -1.93. The van der Waals surface area contributed by atoms with E-state index in [1.165, 1.54) is 11.7 Å². The van der Waals surface area contributed by atoms with Crippen molar-refractivity contribution in [2.75, 3.05) is 39.8 Å². The number of esters is 1. The van der Waals surface area contributed by atoms with E-state index in [2.05, 4.69) is 9.88 Å². The summed E-state index contributed by atoms with van der Waals surface area (Å²) in [6, 6.07) is 7.06. The molecular weight excluding hydrogens is 570 g/mol. The first-order valence-corrected chi connectivity index (χ1v) is 14.9. The molecule has 0 bridgehead atoms. The number of fused-ring (bicyclic) bond motifs is 1. The van der Waals surface area contributed by atoms with E-state index in [1.807, 2.05) is 64.9 Å². The number of methoxy groups -OCH3 is 2. The van der Waals surface area contributed by atoms with Gasteiger partial charge in [-0.15, -0.1) is 0 Å². The molecule has 1 aromatic carbocycles. The van der Waals surface area contributed by atoms with Gasteiger partial charge in [0.1, 0.15) is 17.2 Å². The van der Waals surface area contributed by atoms with Crippen molar-refractivity contribution in [2.24, 2.45) is 5.41 Å². The highest BCUT2D eigenvalue weighted by atomic mass is 19.3. The van der Waals surface area contributed by atoms with Crippen LogP contribution < -0.4 is 9.64 Å². The van der Waals surface area contributed by atoms with Crippen LogP contribution in [0.5, 0.6) is 5.75 Å². The quantitative estimate of drug-likeness (QED) is 0.283. The van der Waals surface area contributed by atoms with E-state index in [0.717, 1.165) is 27.6 Å². The molecule has 2 fully saturated rings. The fourth-order valence-electron chi connectivity index (χ4n) is 6.91. The van der Waals surface area contributed by atoms with Gasteiger partial charge in [0, 0.05) is 62.2 Å². The second-order valence-corrected chi connectivity index (χ2v) is 13.4. The fourth-order valence-corrected chi connectivity index (χ4v) is 6.91. The lowest BCUT2D eigenvalue weighted by Crippen LogP contribution is -2.53. The van der Waals surface area contributed by atoms with Crippen molar-refractivity contribution < 1.29 is 32.6 Å². The summed E-state index contributed by atoms with van der Waals surface area (Å²) in [5.41, 5.74) is 2.39. The number of likely N-dealkylation sites (tertiary alicyclic amines) is 1. The monoisotopic (exact) mass is 612 g/mol. The van der Waals surface area contributed by atoms with Crippen molar-refractivity contribution >= 4 is 28.8 Å².